The molecule has 1 aliphatic rings. The summed E-state index contributed by atoms with van der Waals surface area (Å²) in [7, 11) is 0. The van der Waals surface area contributed by atoms with Crippen LogP contribution in [0.2, 0.25) is 0 Å². The number of carbonyl (C=O) groups is 1. The van der Waals surface area contributed by atoms with Gasteiger partial charge in [0.25, 0.3) is 0 Å². The molecule has 0 saturated heterocycles. The van der Waals surface area contributed by atoms with E-state index in [4.69, 9.17) is 4.98 Å². The highest BCUT2D eigenvalue weighted by atomic mass is 32.2. The maximum Gasteiger partial charge on any atom is 0.147 e. The van der Waals surface area contributed by atoms with Crippen LogP contribution in [0.4, 0.5) is 0 Å². The third-order valence-corrected chi connectivity index (χ3v) is 5.67. The minimum Gasteiger partial charge on any atom is -0.298 e. The van der Waals surface area contributed by atoms with Crippen molar-refractivity contribution >= 4 is 35.0 Å². The molecule has 1 aliphatic heterocycles. The van der Waals surface area contributed by atoms with E-state index in [9.17, 15) is 4.79 Å². The summed E-state index contributed by atoms with van der Waals surface area (Å²) >= 11 is 1.72. The largest absolute Gasteiger partial charge is 0.298 e. The lowest BCUT2D eigenvalue weighted by Crippen LogP contribution is -2.26. The first-order chi connectivity index (χ1) is 11.0. The molecule has 2 nitrogen and oxygen atoms in total. The molecular formula is C20H21NOS. The molecular weight excluding hydrogens is 302 g/mol. The Morgan fingerprint density at radius 2 is 2.09 bits per heavy atom. The molecule has 0 saturated carbocycles. The van der Waals surface area contributed by atoms with Gasteiger partial charge in [0.15, 0.2) is 0 Å². The van der Waals surface area contributed by atoms with Gasteiger partial charge in [-0.1, -0.05) is 41.6 Å². The molecule has 0 N–H and O–H groups in total. The highest BCUT2D eigenvalue weighted by Crippen LogP contribution is 2.47. The Labute approximate surface area is 141 Å². The van der Waals surface area contributed by atoms with Gasteiger partial charge < -0.3 is 0 Å². The normalized spacial score (nSPS) is 19.9. The summed E-state index contributed by atoms with van der Waals surface area (Å²) in [6.45, 7) is 6.36. The van der Waals surface area contributed by atoms with Crippen LogP contribution in [-0.4, -0.2) is 16.0 Å². The Bertz CT molecular complexity index is 818. The fraction of sp³-hybridized carbons (Fsp3) is 0.300. The fourth-order valence-corrected chi connectivity index (χ4v) is 4.13. The lowest BCUT2D eigenvalue weighted by molar-refractivity contribution is -0.105. The lowest BCUT2D eigenvalue weighted by atomic mass is 9.93. The van der Waals surface area contributed by atoms with Crippen molar-refractivity contribution in [2.45, 2.75) is 43.4 Å². The molecule has 1 unspecified atom stereocenters. The molecule has 3 heteroatoms. The van der Waals surface area contributed by atoms with Gasteiger partial charge in [0.1, 0.15) is 11.3 Å². The fourth-order valence-electron chi connectivity index (χ4n) is 2.88. The molecule has 118 valence electrons. The minimum atomic E-state index is -0.212. The molecule has 23 heavy (non-hydrogen) atoms. The summed E-state index contributed by atoms with van der Waals surface area (Å²) in [5.41, 5.74) is 4.23. The third kappa shape index (κ3) is 3.25. The lowest BCUT2D eigenvalue weighted by Gasteiger charge is -2.32. The molecule has 1 aromatic heterocycles. The summed E-state index contributed by atoms with van der Waals surface area (Å²) in [6, 6.07) is 10.2. The van der Waals surface area contributed by atoms with Crippen molar-refractivity contribution in [1.82, 2.24) is 4.98 Å². The van der Waals surface area contributed by atoms with Crippen molar-refractivity contribution in [3.05, 3.63) is 53.1 Å². The van der Waals surface area contributed by atoms with Gasteiger partial charge in [0, 0.05) is 21.3 Å². The summed E-state index contributed by atoms with van der Waals surface area (Å²) in [6.07, 6.45) is 7.16. The number of thioether (sulfide) groups is 1. The highest BCUT2D eigenvalue weighted by Gasteiger charge is 2.34. The number of aldehydes is 1. The Morgan fingerprint density at radius 3 is 2.83 bits per heavy atom. The Hall–Kier alpha value is -1.87. The van der Waals surface area contributed by atoms with Gasteiger partial charge in [-0.15, -0.1) is 0 Å². The van der Waals surface area contributed by atoms with E-state index >= 15 is 0 Å². The highest BCUT2D eigenvalue weighted by molar-refractivity contribution is 8.01. The summed E-state index contributed by atoms with van der Waals surface area (Å²) in [5, 5.41) is 2.13. The molecule has 0 radical (unpaired) electrons. The number of para-hydroxylation sites is 1. The standard InChI is InChI=1S/C20H21NOS/c1-14(2)7-6-10-20(3)17(13-22)12-16-11-15-8-4-5-9-18(15)21-19(16)23-20/h4-5,7-9,11-13H,6,10H2,1-3H3. The Balaban J connectivity index is 2.00. The van der Waals surface area contributed by atoms with Crippen LogP contribution in [0.25, 0.3) is 17.0 Å². The second-order valence-corrected chi connectivity index (χ2v) is 7.94. The van der Waals surface area contributed by atoms with E-state index in [0.717, 1.165) is 46.2 Å². The smallest absolute Gasteiger partial charge is 0.147 e. The van der Waals surface area contributed by atoms with Gasteiger partial charge in [0.2, 0.25) is 0 Å². The van der Waals surface area contributed by atoms with Crippen LogP contribution >= 0.6 is 11.8 Å². The first kappa shape index (κ1) is 16.0. The van der Waals surface area contributed by atoms with Gasteiger partial charge in [-0.25, -0.2) is 4.98 Å². The number of hydrogen-bond donors (Lipinski definition) is 0. The molecule has 3 rings (SSSR count). The number of allylic oxidation sites excluding steroid dienone is 2. The third-order valence-electron chi connectivity index (χ3n) is 4.26. The summed E-state index contributed by atoms with van der Waals surface area (Å²) < 4.78 is -0.212. The SMILES string of the molecule is CC(C)=CCCC1(C)Sc2nc3ccccc3cc2C=C1C=O. The minimum absolute atomic E-state index is 0.212. The van der Waals surface area contributed by atoms with E-state index in [0.29, 0.717) is 0 Å². The topological polar surface area (TPSA) is 30.0 Å². The Kier molecular flexibility index (Phi) is 4.40. The number of carbonyl (C=O) groups excluding carboxylic acids is 1. The number of benzene rings is 1. The quantitative estimate of drug-likeness (QED) is 0.555. The van der Waals surface area contributed by atoms with E-state index in [2.05, 4.69) is 39.0 Å². The van der Waals surface area contributed by atoms with Crippen LogP contribution < -0.4 is 0 Å². The molecule has 0 bridgehead atoms. The predicted octanol–water partition coefficient (Wildman–Crippen LogP) is 5.43. The molecule has 0 aliphatic carbocycles. The van der Waals surface area contributed by atoms with Crippen molar-refractivity contribution < 1.29 is 4.79 Å². The van der Waals surface area contributed by atoms with Gasteiger partial charge >= 0.3 is 0 Å². The van der Waals surface area contributed by atoms with Crippen LogP contribution in [0.1, 0.15) is 39.2 Å². The number of rotatable bonds is 4. The average molecular weight is 323 g/mol. The van der Waals surface area contributed by atoms with Crippen LogP contribution in [0.15, 0.2) is 52.6 Å². The summed E-state index contributed by atoms with van der Waals surface area (Å²) in [5.74, 6) is 0. The number of aromatic nitrogens is 1. The molecule has 1 atom stereocenters. The van der Waals surface area contributed by atoms with E-state index in [-0.39, 0.29) is 4.75 Å². The van der Waals surface area contributed by atoms with Crippen LogP contribution in [-0.2, 0) is 4.79 Å². The number of nitrogens with zero attached hydrogens (tertiary/aromatic N) is 1. The van der Waals surface area contributed by atoms with Crippen molar-refractivity contribution in [2.75, 3.05) is 0 Å². The monoisotopic (exact) mass is 323 g/mol. The van der Waals surface area contributed by atoms with Crippen LogP contribution in [0.5, 0.6) is 0 Å². The van der Waals surface area contributed by atoms with E-state index in [1.54, 1.807) is 11.8 Å². The average Bonchev–Trinajstić information content (AvgIpc) is 2.52. The molecule has 1 aromatic carbocycles. The van der Waals surface area contributed by atoms with Gasteiger partial charge in [-0.3, -0.25) is 4.79 Å². The second kappa shape index (κ2) is 6.32. The zero-order chi connectivity index (χ0) is 16.4. The van der Waals surface area contributed by atoms with Crippen LogP contribution in [0.3, 0.4) is 0 Å². The molecule has 0 fully saturated rings. The van der Waals surface area contributed by atoms with Crippen LogP contribution in [0, 0.1) is 0 Å². The molecule has 0 amide bonds. The maximum atomic E-state index is 11.6. The molecule has 2 aromatic rings. The number of fused-ring (bicyclic) bond motifs is 2. The van der Waals surface area contributed by atoms with Gasteiger partial charge in [0.05, 0.1) is 5.52 Å². The van der Waals surface area contributed by atoms with Crippen molar-refractivity contribution in [1.29, 1.82) is 0 Å². The van der Waals surface area contributed by atoms with Crippen molar-refractivity contribution in [2.24, 2.45) is 0 Å². The Morgan fingerprint density at radius 1 is 1.30 bits per heavy atom. The molecule has 2 heterocycles. The molecule has 0 spiro atoms. The number of hydrogen-bond acceptors (Lipinski definition) is 3. The second-order valence-electron chi connectivity index (χ2n) is 6.45. The first-order valence-corrected chi connectivity index (χ1v) is 8.73. The van der Waals surface area contributed by atoms with E-state index in [1.165, 1.54) is 5.57 Å². The van der Waals surface area contributed by atoms with E-state index < -0.39 is 0 Å². The zero-order valence-corrected chi connectivity index (χ0v) is 14.6. The predicted molar refractivity (Wildman–Crippen MR) is 98.7 cm³/mol. The first-order valence-electron chi connectivity index (χ1n) is 7.91. The van der Waals surface area contributed by atoms with Crippen molar-refractivity contribution in [3.8, 4) is 0 Å². The maximum absolute atomic E-state index is 11.6. The number of pyridine rings is 1. The van der Waals surface area contributed by atoms with E-state index in [1.807, 2.05) is 24.3 Å². The van der Waals surface area contributed by atoms with Gasteiger partial charge in [-0.2, -0.15) is 0 Å². The summed E-state index contributed by atoms with van der Waals surface area (Å²) in [4.78, 5) is 16.4. The van der Waals surface area contributed by atoms with Crippen molar-refractivity contribution in [3.63, 3.8) is 0 Å². The zero-order valence-electron chi connectivity index (χ0n) is 13.8. The van der Waals surface area contributed by atoms with Gasteiger partial charge in [-0.05, 0) is 51.8 Å².